The number of nitrogens with one attached hydrogen (secondary N) is 1. The lowest BCUT2D eigenvalue weighted by Gasteiger charge is -2.11. The van der Waals surface area contributed by atoms with Crippen molar-refractivity contribution in [3.63, 3.8) is 0 Å². The van der Waals surface area contributed by atoms with Crippen LogP contribution in [0, 0.1) is 0 Å². The normalized spacial score (nSPS) is 11.6. The summed E-state index contributed by atoms with van der Waals surface area (Å²) in [5.74, 6) is -1.25. The number of carbonyl (C=O) groups is 2. The second kappa shape index (κ2) is 8.81. The Morgan fingerprint density at radius 1 is 1.29 bits per heavy atom. The van der Waals surface area contributed by atoms with E-state index < -0.39 is 23.4 Å². The molecule has 0 saturated carbocycles. The molecular weight excluding hydrogens is 417 g/mol. The minimum Gasteiger partial charge on any atom is -0.383 e. The Balaban J connectivity index is 1.67. The van der Waals surface area contributed by atoms with Gasteiger partial charge in [-0.15, -0.1) is 0 Å². The number of amides is 1. The Labute approximate surface area is 174 Å². The molecule has 0 saturated heterocycles. The van der Waals surface area contributed by atoms with Gasteiger partial charge in [0.25, 0.3) is 5.91 Å². The Hall–Kier alpha value is -3.96. The van der Waals surface area contributed by atoms with Crippen LogP contribution in [0.3, 0.4) is 0 Å². The quantitative estimate of drug-likeness (QED) is 0.450. The highest BCUT2D eigenvalue weighted by Gasteiger charge is 2.33. The molecule has 0 aliphatic carbocycles. The molecule has 0 bridgehead atoms. The van der Waals surface area contributed by atoms with Gasteiger partial charge in [0, 0.05) is 56.6 Å². The van der Waals surface area contributed by atoms with Gasteiger partial charge in [0.05, 0.1) is 24.0 Å². The first kappa shape index (κ1) is 21.7. The number of hydrogen-bond donors (Lipinski definition) is 1. The number of rotatable bonds is 7. The predicted molar refractivity (Wildman–Crippen MR) is 102 cm³/mol. The number of hydrogen-bond acceptors (Lipinski definition) is 7. The zero-order valence-electron chi connectivity index (χ0n) is 16.4. The monoisotopic (exact) mass is 434 g/mol. The fraction of sp³-hybridized carbons (Fsp3) is 0.211. The summed E-state index contributed by atoms with van der Waals surface area (Å²) < 4.78 is 45.4. The molecule has 1 N–H and O–H groups in total. The van der Waals surface area contributed by atoms with Crippen LogP contribution >= 0.6 is 0 Å². The van der Waals surface area contributed by atoms with Gasteiger partial charge >= 0.3 is 6.18 Å². The van der Waals surface area contributed by atoms with Crippen molar-refractivity contribution in [1.29, 1.82) is 0 Å². The van der Waals surface area contributed by atoms with Crippen LogP contribution in [-0.4, -0.2) is 50.6 Å². The van der Waals surface area contributed by atoms with E-state index in [0.717, 1.165) is 18.5 Å². The number of carbonyl (C=O) groups excluding carboxylic acids is 2. The van der Waals surface area contributed by atoms with Crippen molar-refractivity contribution in [1.82, 2.24) is 24.8 Å². The lowest BCUT2D eigenvalue weighted by atomic mass is 10.1. The maximum absolute atomic E-state index is 13.1. The summed E-state index contributed by atoms with van der Waals surface area (Å²) in [4.78, 5) is 29.6. The molecule has 1 amide bonds. The van der Waals surface area contributed by atoms with E-state index in [0.29, 0.717) is 0 Å². The van der Waals surface area contributed by atoms with Crippen LogP contribution in [0.4, 0.5) is 18.9 Å². The summed E-state index contributed by atoms with van der Waals surface area (Å²) in [6.07, 6.45) is 3.07. The second-order valence-electron chi connectivity index (χ2n) is 6.63. The number of anilines is 1. The number of ketones is 1. The first-order chi connectivity index (χ1) is 14.6. The predicted octanol–water partition coefficient (Wildman–Crippen LogP) is 2.84. The standard InChI is InChI=1S/C19H17F3N6O3/c1-27(2)6-4-16(29)17-7-15(26-31-17)18(30)25-13-9-24-28(11-13)10-12-8-23-5-3-14(12)19(20,21)22/h3-9,11H,10H2,1-2H3,(H,25,30)/b6-4+. The molecule has 162 valence electrons. The lowest BCUT2D eigenvalue weighted by Crippen LogP contribution is -2.13. The maximum Gasteiger partial charge on any atom is 0.416 e. The van der Waals surface area contributed by atoms with Gasteiger partial charge in [0.2, 0.25) is 11.5 Å². The number of halogens is 3. The molecule has 0 aliphatic heterocycles. The highest BCUT2D eigenvalue weighted by atomic mass is 19.4. The van der Waals surface area contributed by atoms with Gasteiger partial charge in [-0.25, -0.2) is 0 Å². The zero-order valence-corrected chi connectivity index (χ0v) is 16.4. The number of pyridine rings is 1. The molecule has 9 nitrogen and oxygen atoms in total. The third kappa shape index (κ3) is 5.56. The molecule has 0 aliphatic rings. The fourth-order valence-electron chi connectivity index (χ4n) is 2.51. The Kier molecular flexibility index (Phi) is 6.18. The average molecular weight is 434 g/mol. The minimum atomic E-state index is -4.52. The van der Waals surface area contributed by atoms with Gasteiger partial charge in [-0.3, -0.25) is 19.3 Å². The molecule has 0 aromatic carbocycles. The van der Waals surface area contributed by atoms with Gasteiger partial charge in [0.15, 0.2) is 5.69 Å². The summed E-state index contributed by atoms with van der Waals surface area (Å²) >= 11 is 0. The van der Waals surface area contributed by atoms with Crippen molar-refractivity contribution in [2.75, 3.05) is 19.4 Å². The van der Waals surface area contributed by atoms with Crippen molar-refractivity contribution in [3.8, 4) is 0 Å². The SMILES string of the molecule is CN(C)/C=C/C(=O)c1cc(C(=O)Nc2cnn(Cc3cnccc3C(F)(F)F)c2)no1. The van der Waals surface area contributed by atoms with E-state index in [-0.39, 0.29) is 29.2 Å². The van der Waals surface area contributed by atoms with Gasteiger partial charge in [0.1, 0.15) is 0 Å². The van der Waals surface area contributed by atoms with E-state index in [4.69, 9.17) is 4.52 Å². The summed E-state index contributed by atoms with van der Waals surface area (Å²) in [7, 11) is 3.48. The first-order valence-corrected chi connectivity index (χ1v) is 8.83. The molecule has 3 rings (SSSR count). The zero-order chi connectivity index (χ0) is 22.6. The molecule has 0 radical (unpaired) electrons. The molecule has 3 aromatic rings. The van der Waals surface area contributed by atoms with Gasteiger partial charge in [-0.1, -0.05) is 5.16 Å². The molecule has 31 heavy (non-hydrogen) atoms. The molecule has 0 spiro atoms. The van der Waals surface area contributed by atoms with Crippen molar-refractivity contribution in [2.45, 2.75) is 12.7 Å². The smallest absolute Gasteiger partial charge is 0.383 e. The van der Waals surface area contributed by atoms with Crippen LogP contribution in [0.1, 0.15) is 32.2 Å². The van der Waals surface area contributed by atoms with Crippen molar-refractivity contribution in [2.24, 2.45) is 0 Å². The van der Waals surface area contributed by atoms with Crippen LogP contribution in [0.25, 0.3) is 0 Å². The number of nitrogens with zero attached hydrogens (tertiary/aromatic N) is 5. The molecule has 0 fully saturated rings. The largest absolute Gasteiger partial charge is 0.416 e. The third-order valence-electron chi connectivity index (χ3n) is 3.94. The lowest BCUT2D eigenvalue weighted by molar-refractivity contribution is -0.138. The molecule has 0 atom stereocenters. The summed E-state index contributed by atoms with van der Waals surface area (Å²) in [6, 6.07) is 2.08. The van der Waals surface area contributed by atoms with Gasteiger partial charge in [-0.2, -0.15) is 18.3 Å². The molecule has 12 heteroatoms. The van der Waals surface area contributed by atoms with Gasteiger partial charge in [-0.05, 0) is 6.07 Å². The Morgan fingerprint density at radius 3 is 2.77 bits per heavy atom. The molecule has 3 heterocycles. The van der Waals surface area contributed by atoms with Crippen LogP contribution in [-0.2, 0) is 12.7 Å². The van der Waals surface area contributed by atoms with Crippen LogP contribution in [0.2, 0.25) is 0 Å². The van der Waals surface area contributed by atoms with Crippen molar-refractivity contribution in [3.05, 3.63) is 71.8 Å². The maximum atomic E-state index is 13.1. The van der Waals surface area contributed by atoms with Crippen LogP contribution in [0.5, 0.6) is 0 Å². The van der Waals surface area contributed by atoms with E-state index in [1.165, 1.54) is 35.4 Å². The highest BCUT2D eigenvalue weighted by Crippen LogP contribution is 2.31. The van der Waals surface area contributed by atoms with Crippen molar-refractivity contribution < 1.29 is 27.3 Å². The number of aromatic nitrogens is 4. The second-order valence-corrected chi connectivity index (χ2v) is 6.63. The van der Waals surface area contributed by atoms with E-state index in [2.05, 4.69) is 20.6 Å². The topological polar surface area (TPSA) is 106 Å². The Bertz CT molecular complexity index is 1120. The third-order valence-corrected chi connectivity index (χ3v) is 3.94. The Morgan fingerprint density at radius 2 is 2.06 bits per heavy atom. The van der Waals surface area contributed by atoms with Crippen molar-refractivity contribution >= 4 is 17.4 Å². The van der Waals surface area contributed by atoms with E-state index >= 15 is 0 Å². The number of allylic oxidation sites excluding steroid dienone is 1. The molecular formula is C19H17F3N6O3. The highest BCUT2D eigenvalue weighted by molar-refractivity contribution is 6.06. The number of alkyl halides is 3. The molecule has 3 aromatic heterocycles. The molecule has 0 unspecified atom stereocenters. The summed E-state index contributed by atoms with van der Waals surface area (Å²) in [5, 5.41) is 10.0. The summed E-state index contributed by atoms with van der Waals surface area (Å²) in [5.41, 5.74) is -0.792. The van der Waals surface area contributed by atoms with Gasteiger partial charge < -0.3 is 14.7 Å². The minimum absolute atomic E-state index is 0.0681. The van der Waals surface area contributed by atoms with Crippen LogP contribution < -0.4 is 5.32 Å². The fourth-order valence-corrected chi connectivity index (χ4v) is 2.51. The van der Waals surface area contributed by atoms with E-state index in [1.54, 1.807) is 19.0 Å². The summed E-state index contributed by atoms with van der Waals surface area (Å²) in [6.45, 7) is -0.195. The van der Waals surface area contributed by atoms with E-state index in [9.17, 15) is 22.8 Å². The average Bonchev–Trinajstić information content (AvgIpc) is 3.35. The van der Waals surface area contributed by atoms with E-state index in [1.807, 2.05) is 0 Å². The first-order valence-electron chi connectivity index (χ1n) is 8.83. The van der Waals surface area contributed by atoms with Crippen LogP contribution in [0.15, 0.2) is 53.7 Å².